The molecule has 1 unspecified atom stereocenters. The van der Waals surface area contributed by atoms with Crippen molar-refractivity contribution in [2.24, 2.45) is 12.5 Å². The standard InChI is InChI=1S/C18H24N4OS/c1-14-19-15(12-24-14)10-22-9-6-18(17(22)23)5-8-21(13-18)11-16-4-3-7-20(16)2/h3-4,7,12H,5-6,8-11,13H2,1-2H3. The average molecular weight is 344 g/mol. The number of hydrogen-bond donors (Lipinski definition) is 0. The van der Waals surface area contributed by atoms with Gasteiger partial charge in [-0.2, -0.15) is 0 Å². The number of aromatic nitrogens is 2. The minimum atomic E-state index is -0.157. The lowest BCUT2D eigenvalue weighted by molar-refractivity contribution is -0.136. The predicted octanol–water partition coefficient (Wildman–Crippen LogP) is 2.41. The summed E-state index contributed by atoms with van der Waals surface area (Å²) in [4.78, 5) is 22.0. The number of nitrogens with zero attached hydrogens (tertiary/aromatic N) is 4. The van der Waals surface area contributed by atoms with Crippen LogP contribution in [0.5, 0.6) is 0 Å². The first kappa shape index (κ1) is 15.8. The normalized spacial score (nSPS) is 24.6. The van der Waals surface area contributed by atoms with Crippen molar-refractivity contribution in [3.63, 3.8) is 0 Å². The van der Waals surface area contributed by atoms with Crippen molar-refractivity contribution in [3.05, 3.63) is 40.1 Å². The molecule has 1 atom stereocenters. The lowest BCUT2D eigenvalue weighted by atomic mass is 9.85. The van der Waals surface area contributed by atoms with Gasteiger partial charge in [0.05, 0.1) is 22.7 Å². The van der Waals surface area contributed by atoms with E-state index in [0.717, 1.165) is 49.7 Å². The van der Waals surface area contributed by atoms with E-state index in [0.29, 0.717) is 12.5 Å². The van der Waals surface area contributed by atoms with Gasteiger partial charge < -0.3 is 9.47 Å². The summed E-state index contributed by atoms with van der Waals surface area (Å²) >= 11 is 1.66. The van der Waals surface area contributed by atoms with E-state index >= 15 is 0 Å². The highest BCUT2D eigenvalue weighted by atomic mass is 32.1. The highest BCUT2D eigenvalue weighted by molar-refractivity contribution is 7.09. The predicted molar refractivity (Wildman–Crippen MR) is 94.6 cm³/mol. The van der Waals surface area contributed by atoms with Gasteiger partial charge in [-0.15, -0.1) is 11.3 Å². The van der Waals surface area contributed by atoms with Crippen LogP contribution in [0.4, 0.5) is 0 Å². The van der Waals surface area contributed by atoms with Crippen LogP contribution in [-0.2, 0) is 24.9 Å². The molecule has 1 spiro atoms. The zero-order chi connectivity index (χ0) is 16.7. The second-order valence-corrected chi connectivity index (χ2v) is 8.25. The first-order valence-electron chi connectivity index (χ1n) is 8.59. The van der Waals surface area contributed by atoms with E-state index in [1.807, 2.05) is 11.8 Å². The van der Waals surface area contributed by atoms with Crippen molar-refractivity contribution in [3.8, 4) is 0 Å². The summed E-state index contributed by atoms with van der Waals surface area (Å²) in [5, 5.41) is 3.14. The van der Waals surface area contributed by atoms with Gasteiger partial charge in [0.1, 0.15) is 0 Å². The van der Waals surface area contributed by atoms with Crippen LogP contribution in [0.2, 0.25) is 0 Å². The molecule has 2 aliphatic heterocycles. The summed E-state index contributed by atoms with van der Waals surface area (Å²) < 4.78 is 2.17. The van der Waals surface area contributed by atoms with Crippen molar-refractivity contribution >= 4 is 17.2 Å². The maximum Gasteiger partial charge on any atom is 0.230 e. The van der Waals surface area contributed by atoms with Gasteiger partial charge in [-0.05, 0) is 38.4 Å². The molecule has 0 aromatic carbocycles. The van der Waals surface area contributed by atoms with E-state index in [-0.39, 0.29) is 5.41 Å². The molecule has 1 amide bonds. The van der Waals surface area contributed by atoms with Gasteiger partial charge in [0, 0.05) is 44.0 Å². The number of likely N-dealkylation sites (tertiary alicyclic amines) is 2. The number of carbonyl (C=O) groups is 1. The Balaban J connectivity index is 1.41. The molecule has 0 N–H and O–H groups in total. The Morgan fingerprint density at radius 1 is 1.29 bits per heavy atom. The summed E-state index contributed by atoms with van der Waals surface area (Å²) in [6.45, 7) is 6.39. The molecule has 24 heavy (non-hydrogen) atoms. The van der Waals surface area contributed by atoms with Gasteiger partial charge in [-0.1, -0.05) is 0 Å². The van der Waals surface area contributed by atoms with Gasteiger partial charge in [0.2, 0.25) is 5.91 Å². The van der Waals surface area contributed by atoms with Crippen LogP contribution in [0.3, 0.4) is 0 Å². The number of rotatable bonds is 4. The van der Waals surface area contributed by atoms with Crippen LogP contribution in [-0.4, -0.2) is 44.9 Å². The number of aryl methyl sites for hydroxylation is 2. The fourth-order valence-corrected chi connectivity index (χ4v) is 4.69. The van der Waals surface area contributed by atoms with E-state index in [9.17, 15) is 4.79 Å². The highest BCUT2D eigenvalue weighted by Crippen LogP contribution is 2.41. The summed E-state index contributed by atoms with van der Waals surface area (Å²) in [7, 11) is 2.08. The van der Waals surface area contributed by atoms with Crippen LogP contribution in [0.15, 0.2) is 23.7 Å². The first-order valence-corrected chi connectivity index (χ1v) is 9.47. The van der Waals surface area contributed by atoms with Crippen LogP contribution < -0.4 is 0 Å². The Labute approximate surface area is 146 Å². The monoisotopic (exact) mass is 344 g/mol. The van der Waals surface area contributed by atoms with Crippen molar-refractivity contribution < 1.29 is 4.79 Å². The van der Waals surface area contributed by atoms with Gasteiger partial charge >= 0.3 is 0 Å². The molecule has 2 aromatic heterocycles. The summed E-state index contributed by atoms with van der Waals surface area (Å²) in [5.74, 6) is 0.336. The Hall–Kier alpha value is -1.66. The fourth-order valence-electron chi connectivity index (χ4n) is 4.08. The Morgan fingerprint density at radius 3 is 2.83 bits per heavy atom. The van der Waals surface area contributed by atoms with E-state index in [1.54, 1.807) is 11.3 Å². The molecule has 0 aliphatic carbocycles. The number of thiazole rings is 1. The maximum atomic E-state index is 13.0. The highest BCUT2D eigenvalue weighted by Gasteiger charge is 2.50. The van der Waals surface area contributed by atoms with Gasteiger partial charge in [0.15, 0.2) is 0 Å². The molecule has 4 heterocycles. The first-order chi connectivity index (χ1) is 11.6. The third kappa shape index (κ3) is 2.78. The topological polar surface area (TPSA) is 41.4 Å². The molecule has 128 valence electrons. The van der Waals surface area contributed by atoms with Crippen molar-refractivity contribution in [1.29, 1.82) is 0 Å². The lowest BCUT2D eigenvalue weighted by Gasteiger charge is -2.23. The average Bonchev–Trinajstić information content (AvgIpc) is 3.30. The second-order valence-electron chi connectivity index (χ2n) is 7.19. The van der Waals surface area contributed by atoms with Crippen LogP contribution in [0.25, 0.3) is 0 Å². The van der Waals surface area contributed by atoms with Gasteiger partial charge in [0.25, 0.3) is 0 Å². The molecular formula is C18H24N4OS. The van der Waals surface area contributed by atoms with Crippen molar-refractivity contribution in [2.45, 2.75) is 32.9 Å². The third-order valence-electron chi connectivity index (χ3n) is 5.49. The Bertz CT molecular complexity index is 752. The van der Waals surface area contributed by atoms with E-state index in [2.05, 4.69) is 45.2 Å². The molecule has 0 saturated carbocycles. The molecule has 4 rings (SSSR count). The van der Waals surface area contributed by atoms with Crippen LogP contribution in [0.1, 0.15) is 29.2 Å². The minimum Gasteiger partial charge on any atom is -0.353 e. The van der Waals surface area contributed by atoms with Crippen LogP contribution >= 0.6 is 11.3 Å². The summed E-state index contributed by atoms with van der Waals surface area (Å²) in [6, 6.07) is 4.25. The maximum absolute atomic E-state index is 13.0. The van der Waals surface area contributed by atoms with Crippen LogP contribution in [0, 0.1) is 12.3 Å². The molecule has 0 radical (unpaired) electrons. The van der Waals surface area contributed by atoms with Crippen molar-refractivity contribution in [1.82, 2.24) is 19.4 Å². The molecular weight excluding hydrogens is 320 g/mol. The Kier molecular flexibility index (Phi) is 3.96. The SMILES string of the molecule is Cc1nc(CN2CCC3(CCN(Cc4cccn4C)C3)C2=O)cs1. The minimum absolute atomic E-state index is 0.157. The zero-order valence-electron chi connectivity index (χ0n) is 14.4. The smallest absolute Gasteiger partial charge is 0.230 e. The molecule has 2 aliphatic rings. The molecule has 6 heteroatoms. The van der Waals surface area contributed by atoms with E-state index < -0.39 is 0 Å². The van der Waals surface area contributed by atoms with Gasteiger partial charge in [-0.25, -0.2) is 4.98 Å². The molecule has 5 nitrogen and oxygen atoms in total. The quantitative estimate of drug-likeness (QED) is 0.855. The fraction of sp³-hybridized carbons (Fsp3) is 0.556. The van der Waals surface area contributed by atoms with E-state index in [1.165, 1.54) is 5.69 Å². The van der Waals surface area contributed by atoms with Crippen molar-refractivity contribution in [2.75, 3.05) is 19.6 Å². The Morgan fingerprint density at radius 2 is 2.12 bits per heavy atom. The summed E-state index contributed by atoms with van der Waals surface area (Å²) in [6.07, 6.45) is 4.06. The number of carbonyl (C=O) groups excluding carboxylic acids is 1. The third-order valence-corrected chi connectivity index (χ3v) is 6.31. The largest absolute Gasteiger partial charge is 0.353 e. The molecule has 2 saturated heterocycles. The number of amides is 1. The number of hydrogen-bond acceptors (Lipinski definition) is 4. The molecule has 0 bridgehead atoms. The van der Waals surface area contributed by atoms with Gasteiger partial charge in [-0.3, -0.25) is 9.69 Å². The van der Waals surface area contributed by atoms with E-state index in [4.69, 9.17) is 0 Å². The molecule has 2 aromatic rings. The molecule has 2 fully saturated rings. The second kappa shape index (κ2) is 6.01. The summed E-state index contributed by atoms with van der Waals surface area (Å²) in [5.41, 5.74) is 2.19. The zero-order valence-corrected chi connectivity index (χ0v) is 15.2. The lowest BCUT2D eigenvalue weighted by Crippen LogP contribution is -2.36.